The maximum atomic E-state index is 11.8. The number of carbonyl (C=O) groups excluding carboxylic acids is 2. The summed E-state index contributed by atoms with van der Waals surface area (Å²) in [4.78, 5) is 24.3. The number of hydrogen-bond donors (Lipinski definition) is 1. The summed E-state index contributed by atoms with van der Waals surface area (Å²) in [7, 11) is 0. The highest BCUT2D eigenvalue weighted by molar-refractivity contribution is 6.30. The summed E-state index contributed by atoms with van der Waals surface area (Å²) in [5.41, 5.74) is 1.05. The zero-order valence-corrected chi connectivity index (χ0v) is 9.99. The molecule has 0 unspecified atom stereocenters. The number of imide groups is 1. The lowest BCUT2D eigenvalue weighted by Gasteiger charge is -2.06. The van der Waals surface area contributed by atoms with E-state index in [1.807, 2.05) is 6.07 Å². The zero-order valence-electron chi connectivity index (χ0n) is 9.24. The Labute approximate surface area is 104 Å². The van der Waals surface area contributed by atoms with Gasteiger partial charge in [-0.2, -0.15) is 0 Å². The van der Waals surface area contributed by atoms with Gasteiger partial charge in [-0.25, -0.2) is 4.79 Å². The van der Waals surface area contributed by atoms with Gasteiger partial charge in [-0.15, -0.1) is 0 Å². The predicted molar refractivity (Wildman–Crippen MR) is 65.3 cm³/mol. The van der Waals surface area contributed by atoms with Crippen molar-refractivity contribution in [3.63, 3.8) is 0 Å². The molecule has 17 heavy (non-hydrogen) atoms. The highest BCUT2D eigenvalue weighted by atomic mass is 35.5. The van der Waals surface area contributed by atoms with Crippen molar-refractivity contribution in [1.29, 1.82) is 0 Å². The minimum absolute atomic E-state index is 0.277. The van der Waals surface area contributed by atoms with Gasteiger partial charge in [-0.05, 0) is 30.7 Å². The molecule has 88 valence electrons. The second-order valence-electron chi connectivity index (χ2n) is 3.59. The molecule has 0 aromatic heterocycles. The van der Waals surface area contributed by atoms with Crippen LogP contribution in [0.25, 0.3) is 6.08 Å². The van der Waals surface area contributed by atoms with Crippen LogP contribution < -0.4 is 5.32 Å². The average molecular weight is 251 g/mol. The van der Waals surface area contributed by atoms with Crippen molar-refractivity contribution in [2.24, 2.45) is 0 Å². The number of nitrogens with zero attached hydrogens (tertiary/aromatic N) is 1. The fraction of sp³-hybridized carbons (Fsp3) is 0.167. The van der Waals surface area contributed by atoms with Crippen LogP contribution in [0.4, 0.5) is 4.79 Å². The van der Waals surface area contributed by atoms with Gasteiger partial charge in [0.05, 0.1) is 0 Å². The maximum absolute atomic E-state index is 11.8. The van der Waals surface area contributed by atoms with E-state index in [9.17, 15) is 9.59 Å². The van der Waals surface area contributed by atoms with Crippen LogP contribution in [0.15, 0.2) is 30.0 Å². The van der Waals surface area contributed by atoms with E-state index in [0.29, 0.717) is 11.6 Å². The molecule has 1 aromatic carbocycles. The largest absolute Gasteiger partial charge is 0.328 e. The lowest BCUT2D eigenvalue weighted by atomic mass is 10.2. The first-order valence-electron chi connectivity index (χ1n) is 5.22. The molecule has 1 fully saturated rings. The molecule has 1 aromatic rings. The quantitative estimate of drug-likeness (QED) is 0.647. The third-order valence-corrected chi connectivity index (χ3v) is 2.67. The Morgan fingerprint density at radius 2 is 2.18 bits per heavy atom. The fourth-order valence-corrected chi connectivity index (χ4v) is 1.82. The molecule has 3 amide bonds. The number of carbonyl (C=O) groups is 2. The van der Waals surface area contributed by atoms with Crippen molar-refractivity contribution in [1.82, 2.24) is 10.2 Å². The van der Waals surface area contributed by atoms with E-state index >= 15 is 0 Å². The van der Waals surface area contributed by atoms with Crippen LogP contribution in [0.5, 0.6) is 0 Å². The van der Waals surface area contributed by atoms with Crippen molar-refractivity contribution >= 4 is 29.6 Å². The predicted octanol–water partition coefficient (Wildman–Crippen LogP) is 2.25. The first-order valence-corrected chi connectivity index (χ1v) is 5.59. The number of rotatable bonds is 2. The minimum Gasteiger partial charge on any atom is -0.303 e. The molecule has 1 heterocycles. The topological polar surface area (TPSA) is 49.4 Å². The third-order valence-electron chi connectivity index (χ3n) is 2.44. The van der Waals surface area contributed by atoms with Gasteiger partial charge in [0.1, 0.15) is 5.70 Å². The first-order chi connectivity index (χ1) is 8.11. The first kappa shape index (κ1) is 11.7. The van der Waals surface area contributed by atoms with Gasteiger partial charge in [0.2, 0.25) is 0 Å². The molecule has 5 heteroatoms. The van der Waals surface area contributed by atoms with Gasteiger partial charge in [-0.3, -0.25) is 9.69 Å². The molecule has 1 aliphatic heterocycles. The van der Waals surface area contributed by atoms with E-state index in [2.05, 4.69) is 5.32 Å². The third kappa shape index (κ3) is 2.31. The number of hydrogen-bond acceptors (Lipinski definition) is 2. The van der Waals surface area contributed by atoms with Crippen LogP contribution in [-0.2, 0) is 4.79 Å². The summed E-state index contributed by atoms with van der Waals surface area (Å²) in [6.45, 7) is 2.11. The molecule has 0 atom stereocenters. The van der Waals surface area contributed by atoms with Gasteiger partial charge >= 0.3 is 6.03 Å². The Balaban J connectivity index is 2.30. The van der Waals surface area contributed by atoms with Gasteiger partial charge in [0.25, 0.3) is 5.91 Å². The number of halogens is 1. The van der Waals surface area contributed by atoms with Crippen LogP contribution in [0.2, 0.25) is 5.02 Å². The van der Waals surface area contributed by atoms with Crippen LogP contribution >= 0.6 is 11.6 Å². The SMILES string of the molecule is CCN1C(=O)N/C(=C/c2cccc(Cl)c2)C1=O. The highest BCUT2D eigenvalue weighted by Crippen LogP contribution is 2.16. The van der Waals surface area contributed by atoms with Crippen molar-refractivity contribution in [3.05, 3.63) is 40.5 Å². The molecule has 0 bridgehead atoms. The smallest absolute Gasteiger partial charge is 0.303 e. The van der Waals surface area contributed by atoms with Crippen molar-refractivity contribution in [2.45, 2.75) is 6.92 Å². The van der Waals surface area contributed by atoms with Crippen LogP contribution in [0.1, 0.15) is 12.5 Å². The number of nitrogens with one attached hydrogen (secondary N) is 1. The van der Waals surface area contributed by atoms with E-state index in [4.69, 9.17) is 11.6 Å². The van der Waals surface area contributed by atoms with E-state index < -0.39 is 0 Å². The van der Waals surface area contributed by atoms with E-state index in [1.54, 1.807) is 31.2 Å². The van der Waals surface area contributed by atoms with Crippen molar-refractivity contribution in [3.8, 4) is 0 Å². The van der Waals surface area contributed by atoms with Gasteiger partial charge < -0.3 is 5.32 Å². The summed E-state index contributed by atoms with van der Waals surface area (Å²) in [5, 5.41) is 3.11. The Morgan fingerprint density at radius 3 is 2.76 bits per heavy atom. The number of benzene rings is 1. The van der Waals surface area contributed by atoms with E-state index in [1.165, 1.54) is 0 Å². The second-order valence-corrected chi connectivity index (χ2v) is 4.03. The van der Waals surface area contributed by atoms with Gasteiger partial charge in [0, 0.05) is 11.6 Å². The summed E-state index contributed by atoms with van der Waals surface area (Å²) in [5.74, 6) is -0.308. The molecule has 2 rings (SSSR count). The Hall–Kier alpha value is -1.81. The Bertz CT molecular complexity index is 511. The molecular formula is C12H11ClN2O2. The molecule has 1 N–H and O–H groups in total. The second kappa shape index (κ2) is 4.59. The molecule has 0 aliphatic carbocycles. The van der Waals surface area contributed by atoms with Crippen molar-refractivity contribution < 1.29 is 9.59 Å². The van der Waals surface area contributed by atoms with Crippen LogP contribution in [-0.4, -0.2) is 23.4 Å². The highest BCUT2D eigenvalue weighted by Gasteiger charge is 2.31. The fourth-order valence-electron chi connectivity index (χ4n) is 1.62. The molecule has 1 saturated heterocycles. The maximum Gasteiger partial charge on any atom is 0.328 e. The zero-order chi connectivity index (χ0) is 12.4. The van der Waals surface area contributed by atoms with Gasteiger partial charge in [0.15, 0.2) is 0 Å². The number of amides is 3. The molecule has 0 saturated carbocycles. The lowest BCUT2D eigenvalue weighted by Crippen LogP contribution is -2.30. The minimum atomic E-state index is -0.384. The lowest BCUT2D eigenvalue weighted by molar-refractivity contribution is -0.122. The molecule has 0 spiro atoms. The van der Waals surface area contributed by atoms with Gasteiger partial charge in [-0.1, -0.05) is 23.7 Å². The summed E-state index contributed by atoms with van der Waals surface area (Å²) in [6, 6.07) is 6.69. The van der Waals surface area contributed by atoms with E-state index in [0.717, 1.165) is 10.5 Å². The van der Waals surface area contributed by atoms with Crippen LogP contribution in [0, 0.1) is 0 Å². The molecule has 1 aliphatic rings. The van der Waals surface area contributed by atoms with E-state index in [-0.39, 0.29) is 17.6 Å². The number of urea groups is 1. The standard InChI is InChI=1S/C12H11ClN2O2/c1-2-15-11(16)10(14-12(15)17)7-8-4-3-5-9(13)6-8/h3-7H,2H2,1H3,(H,14,17)/b10-7+. The molecule has 4 nitrogen and oxygen atoms in total. The Kier molecular flexibility index (Phi) is 3.15. The average Bonchev–Trinajstić information content (AvgIpc) is 2.54. The normalized spacial score (nSPS) is 17.8. The van der Waals surface area contributed by atoms with Crippen molar-refractivity contribution in [2.75, 3.05) is 6.54 Å². The summed E-state index contributed by atoms with van der Waals surface area (Å²) < 4.78 is 0. The Morgan fingerprint density at radius 1 is 1.41 bits per heavy atom. The number of likely N-dealkylation sites (N-methyl/N-ethyl adjacent to an activating group) is 1. The molecule has 0 radical (unpaired) electrons. The summed E-state index contributed by atoms with van der Waals surface area (Å²) >= 11 is 5.84. The monoisotopic (exact) mass is 250 g/mol. The van der Waals surface area contributed by atoms with Crippen LogP contribution in [0.3, 0.4) is 0 Å². The molecular weight excluding hydrogens is 240 g/mol. The summed E-state index contributed by atoms with van der Waals surface area (Å²) in [6.07, 6.45) is 1.61.